The second-order valence-corrected chi connectivity index (χ2v) is 3.72. The SMILES string of the molecule is N#C[C@H](C(=O)N/N=C\c1ccco1)c1ccccc1. The molecular formula is C14H11N3O2. The zero-order valence-corrected chi connectivity index (χ0v) is 9.98. The van der Waals surface area contributed by atoms with E-state index in [-0.39, 0.29) is 0 Å². The van der Waals surface area contributed by atoms with Gasteiger partial charge >= 0.3 is 0 Å². The molecule has 1 atom stereocenters. The minimum atomic E-state index is -0.880. The Kier molecular flexibility index (Phi) is 4.09. The molecule has 1 aromatic carbocycles. The maximum atomic E-state index is 11.8. The van der Waals surface area contributed by atoms with Crippen LogP contribution in [0.15, 0.2) is 58.2 Å². The van der Waals surface area contributed by atoms with Crippen molar-refractivity contribution in [3.63, 3.8) is 0 Å². The molecule has 0 saturated heterocycles. The average Bonchev–Trinajstić information content (AvgIpc) is 2.94. The third kappa shape index (κ3) is 3.30. The van der Waals surface area contributed by atoms with Crippen LogP contribution in [-0.2, 0) is 4.79 Å². The van der Waals surface area contributed by atoms with Crippen molar-refractivity contribution in [3.8, 4) is 6.07 Å². The minimum absolute atomic E-state index is 0.475. The average molecular weight is 253 g/mol. The van der Waals surface area contributed by atoms with Gasteiger partial charge in [0.15, 0.2) is 5.92 Å². The van der Waals surface area contributed by atoms with Crippen LogP contribution in [0.3, 0.4) is 0 Å². The first kappa shape index (κ1) is 12.6. The molecule has 19 heavy (non-hydrogen) atoms. The summed E-state index contributed by atoms with van der Waals surface area (Å²) < 4.78 is 5.02. The summed E-state index contributed by atoms with van der Waals surface area (Å²) >= 11 is 0. The first-order valence-electron chi connectivity index (χ1n) is 5.62. The lowest BCUT2D eigenvalue weighted by Gasteiger charge is -2.06. The Morgan fingerprint density at radius 3 is 2.74 bits per heavy atom. The molecular weight excluding hydrogens is 242 g/mol. The molecule has 0 saturated carbocycles. The fourth-order valence-electron chi connectivity index (χ4n) is 1.52. The number of amides is 1. The van der Waals surface area contributed by atoms with Crippen LogP contribution in [0.25, 0.3) is 0 Å². The van der Waals surface area contributed by atoms with Crippen molar-refractivity contribution in [2.75, 3.05) is 0 Å². The summed E-state index contributed by atoms with van der Waals surface area (Å²) in [6, 6.07) is 14.2. The predicted octanol–water partition coefficient (Wildman–Crippen LogP) is 2.04. The molecule has 2 rings (SSSR count). The van der Waals surface area contributed by atoms with Crippen molar-refractivity contribution >= 4 is 12.1 Å². The Bertz CT molecular complexity index is 597. The van der Waals surface area contributed by atoms with E-state index < -0.39 is 11.8 Å². The fourth-order valence-corrected chi connectivity index (χ4v) is 1.52. The van der Waals surface area contributed by atoms with E-state index in [1.807, 2.05) is 12.1 Å². The van der Waals surface area contributed by atoms with Crippen LogP contribution in [0.2, 0.25) is 0 Å². The summed E-state index contributed by atoms with van der Waals surface area (Å²) in [4.78, 5) is 11.8. The highest BCUT2D eigenvalue weighted by Crippen LogP contribution is 2.14. The number of carbonyl (C=O) groups is 1. The monoisotopic (exact) mass is 253 g/mol. The highest BCUT2D eigenvalue weighted by molar-refractivity contribution is 5.87. The minimum Gasteiger partial charge on any atom is -0.463 e. The van der Waals surface area contributed by atoms with E-state index in [1.54, 1.807) is 36.4 Å². The number of nitrogens with one attached hydrogen (secondary N) is 1. The normalized spacial score (nSPS) is 11.9. The Morgan fingerprint density at radius 1 is 1.32 bits per heavy atom. The van der Waals surface area contributed by atoms with Crippen LogP contribution in [0.1, 0.15) is 17.2 Å². The Labute approximate surface area is 110 Å². The number of nitrogens with zero attached hydrogens (tertiary/aromatic N) is 2. The number of rotatable bonds is 4. The van der Waals surface area contributed by atoms with Crippen molar-refractivity contribution in [2.24, 2.45) is 5.10 Å². The molecule has 0 aliphatic rings. The number of hydrogen-bond acceptors (Lipinski definition) is 4. The molecule has 0 spiro atoms. The molecule has 0 aliphatic heterocycles. The van der Waals surface area contributed by atoms with Crippen molar-refractivity contribution < 1.29 is 9.21 Å². The Balaban J connectivity index is 2.01. The first-order valence-corrected chi connectivity index (χ1v) is 5.62. The number of hydrazone groups is 1. The zero-order valence-electron chi connectivity index (χ0n) is 9.98. The lowest BCUT2D eigenvalue weighted by Crippen LogP contribution is -2.24. The molecule has 1 aromatic heterocycles. The highest BCUT2D eigenvalue weighted by Gasteiger charge is 2.19. The summed E-state index contributed by atoms with van der Waals surface area (Å²) in [7, 11) is 0. The van der Waals surface area contributed by atoms with Gasteiger partial charge in [0.05, 0.1) is 18.5 Å². The van der Waals surface area contributed by atoms with Gasteiger partial charge in [-0.05, 0) is 17.7 Å². The summed E-state index contributed by atoms with van der Waals surface area (Å²) in [5, 5.41) is 12.8. The number of nitriles is 1. The summed E-state index contributed by atoms with van der Waals surface area (Å²) in [5.41, 5.74) is 2.95. The first-order chi connectivity index (χ1) is 9.31. The van der Waals surface area contributed by atoms with E-state index in [4.69, 9.17) is 9.68 Å². The van der Waals surface area contributed by atoms with Gasteiger partial charge in [-0.1, -0.05) is 30.3 Å². The molecule has 1 heterocycles. The summed E-state index contributed by atoms with van der Waals surface area (Å²) in [6.45, 7) is 0. The van der Waals surface area contributed by atoms with Crippen LogP contribution < -0.4 is 5.43 Å². The van der Waals surface area contributed by atoms with Crippen LogP contribution >= 0.6 is 0 Å². The maximum Gasteiger partial charge on any atom is 0.261 e. The van der Waals surface area contributed by atoms with Crippen LogP contribution in [0.5, 0.6) is 0 Å². The van der Waals surface area contributed by atoms with Gasteiger partial charge in [-0.25, -0.2) is 5.43 Å². The van der Waals surface area contributed by atoms with Gasteiger partial charge in [0.1, 0.15) is 5.76 Å². The van der Waals surface area contributed by atoms with E-state index in [1.165, 1.54) is 12.5 Å². The van der Waals surface area contributed by atoms with E-state index >= 15 is 0 Å². The van der Waals surface area contributed by atoms with E-state index in [0.717, 1.165) is 0 Å². The molecule has 5 nitrogen and oxygen atoms in total. The third-order valence-electron chi connectivity index (χ3n) is 2.43. The third-order valence-corrected chi connectivity index (χ3v) is 2.43. The predicted molar refractivity (Wildman–Crippen MR) is 69.2 cm³/mol. The van der Waals surface area contributed by atoms with Crippen molar-refractivity contribution in [1.29, 1.82) is 5.26 Å². The number of carbonyl (C=O) groups excluding carboxylic acids is 1. The van der Waals surface area contributed by atoms with Gasteiger partial charge in [-0.15, -0.1) is 0 Å². The highest BCUT2D eigenvalue weighted by atomic mass is 16.3. The fraction of sp³-hybridized carbons (Fsp3) is 0.0714. The molecule has 0 unspecified atom stereocenters. The number of furan rings is 1. The van der Waals surface area contributed by atoms with Crippen molar-refractivity contribution in [2.45, 2.75) is 5.92 Å². The second-order valence-electron chi connectivity index (χ2n) is 3.72. The smallest absolute Gasteiger partial charge is 0.261 e. The lowest BCUT2D eigenvalue weighted by molar-refractivity contribution is -0.121. The molecule has 0 fully saturated rings. The lowest BCUT2D eigenvalue weighted by atomic mass is 10.0. The maximum absolute atomic E-state index is 11.8. The molecule has 0 aliphatic carbocycles. The molecule has 94 valence electrons. The molecule has 1 amide bonds. The largest absolute Gasteiger partial charge is 0.463 e. The van der Waals surface area contributed by atoms with Gasteiger partial charge in [0.2, 0.25) is 0 Å². The van der Waals surface area contributed by atoms with E-state index in [9.17, 15) is 4.79 Å². The van der Waals surface area contributed by atoms with Crippen molar-refractivity contribution in [3.05, 3.63) is 60.1 Å². The molecule has 0 radical (unpaired) electrons. The number of hydrogen-bond donors (Lipinski definition) is 1. The quantitative estimate of drug-likeness (QED) is 0.669. The molecule has 1 N–H and O–H groups in total. The standard InChI is InChI=1S/C14H11N3O2/c15-9-13(11-5-2-1-3-6-11)14(18)17-16-10-12-7-4-8-19-12/h1-8,10,13H,(H,17,18)/b16-10-/t13-/m0/s1. The van der Waals surface area contributed by atoms with Gasteiger partial charge in [0.25, 0.3) is 5.91 Å². The van der Waals surface area contributed by atoms with Gasteiger partial charge in [-0.3, -0.25) is 4.79 Å². The van der Waals surface area contributed by atoms with Crippen LogP contribution in [-0.4, -0.2) is 12.1 Å². The van der Waals surface area contributed by atoms with Gasteiger partial charge in [0, 0.05) is 0 Å². The van der Waals surface area contributed by atoms with E-state index in [2.05, 4.69) is 10.5 Å². The second kappa shape index (κ2) is 6.17. The van der Waals surface area contributed by atoms with Crippen LogP contribution in [0.4, 0.5) is 0 Å². The molecule has 2 aromatic rings. The van der Waals surface area contributed by atoms with E-state index in [0.29, 0.717) is 11.3 Å². The van der Waals surface area contributed by atoms with Gasteiger partial charge < -0.3 is 4.42 Å². The molecule has 0 bridgehead atoms. The molecule has 5 heteroatoms. The number of benzene rings is 1. The topological polar surface area (TPSA) is 78.4 Å². The summed E-state index contributed by atoms with van der Waals surface area (Å²) in [5.74, 6) is -0.833. The zero-order chi connectivity index (χ0) is 13.5. The van der Waals surface area contributed by atoms with Gasteiger partial charge in [-0.2, -0.15) is 10.4 Å². The van der Waals surface area contributed by atoms with Crippen LogP contribution in [0, 0.1) is 11.3 Å². The Morgan fingerprint density at radius 2 is 2.11 bits per heavy atom. The Hall–Kier alpha value is -2.87. The summed E-state index contributed by atoms with van der Waals surface area (Å²) in [6.07, 6.45) is 2.88. The van der Waals surface area contributed by atoms with Crippen molar-refractivity contribution in [1.82, 2.24) is 5.43 Å².